The molecule has 0 aliphatic rings. The molecule has 1 rings (SSSR count). The van der Waals surface area contributed by atoms with Crippen LogP contribution in [-0.4, -0.2) is 22.5 Å². The molecule has 0 heterocycles. The number of hydrogen-bond acceptors (Lipinski definition) is 3. The molecule has 1 N–H and O–H groups in total. The molecule has 0 radical (unpaired) electrons. The third-order valence-corrected chi connectivity index (χ3v) is 2.65. The van der Waals surface area contributed by atoms with E-state index < -0.39 is 17.4 Å². The molecule has 1 atom stereocenters. The molecule has 0 aliphatic heterocycles. The average Bonchev–Trinajstić information content (AvgIpc) is 2.30. The molecule has 17 heavy (non-hydrogen) atoms. The second-order valence-corrected chi connectivity index (χ2v) is 4.11. The highest BCUT2D eigenvalue weighted by atomic mass is 35.5. The highest BCUT2D eigenvalue weighted by Crippen LogP contribution is 2.22. The van der Waals surface area contributed by atoms with Crippen molar-refractivity contribution < 1.29 is 19.4 Å². The Morgan fingerprint density at radius 1 is 1.35 bits per heavy atom. The van der Waals surface area contributed by atoms with Gasteiger partial charge in [0.25, 0.3) is 5.60 Å². The van der Waals surface area contributed by atoms with E-state index in [2.05, 4.69) is 0 Å². The molecule has 4 nitrogen and oxygen atoms in total. The van der Waals surface area contributed by atoms with Crippen molar-refractivity contribution in [2.75, 3.05) is 0 Å². The summed E-state index contributed by atoms with van der Waals surface area (Å²) < 4.78 is 5.26. The maximum absolute atomic E-state index is 11.6. The summed E-state index contributed by atoms with van der Waals surface area (Å²) in [6, 6.07) is 6.17. The number of carbonyl (C=O) groups excluding carboxylic acids is 1. The SMILES string of the molecule is CCC(=O)C(C)(Oc1ccc(Cl)cc1)C(=O)O. The summed E-state index contributed by atoms with van der Waals surface area (Å²) in [7, 11) is 0. The minimum Gasteiger partial charge on any atom is -0.478 e. The minimum atomic E-state index is -1.86. The van der Waals surface area contributed by atoms with Gasteiger partial charge in [-0.25, -0.2) is 4.79 Å². The van der Waals surface area contributed by atoms with E-state index in [1.807, 2.05) is 0 Å². The Balaban J connectivity index is 2.99. The number of halogens is 1. The molecular weight excluding hydrogens is 244 g/mol. The topological polar surface area (TPSA) is 63.6 Å². The summed E-state index contributed by atoms with van der Waals surface area (Å²) in [5.41, 5.74) is -1.86. The molecule has 1 unspecified atom stereocenters. The molecule has 0 saturated carbocycles. The molecule has 0 aliphatic carbocycles. The zero-order chi connectivity index (χ0) is 13.1. The smallest absolute Gasteiger partial charge is 0.355 e. The summed E-state index contributed by atoms with van der Waals surface area (Å²) in [5, 5.41) is 9.59. The number of benzene rings is 1. The lowest BCUT2D eigenvalue weighted by Crippen LogP contribution is -2.48. The molecule has 0 amide bonds. The van der Waals surface area contributed by atoms with Gasteiger partial charge in [0.15, 0.2) is 5.78 Å². The standard InChI is InChI=1S/C12H13ClO4/c1-3-10(14)12(2,11(15)16)17-9-6-4-8(13)5-7-9/h4-7H,3H2,1-2H3,(H,15,16). The second-order valence-electron chi connectivity index (χ2n) is 3.67. The van der Waals surface area contributed by atoms with Crippen molar-refractivity contribution in [3.8, 4) is 5.75 Å². The molecular formula is C12H13ClO4. The summed E-state index contributed by atoms with van der Waals surface area (Å²) in [6.45, 7) is 2.84. The highest BCUT2D eigenvalue weighted by Gasteiger charge is 2.42. The summed E-state index contributed by atoms with van der Waals surface area (Å²) in [6.07, 6.45) is 0.0936. The van der Waals surface area contributed by atoms with E-state index in [1.165, 1.54) is 19.1 Å². The van der Waals surface area contributed by atoms with Gasteiger partial charge in [0.05, 0.1) is 0 Å². The predicted octanol–water partition coefficient (Wildman–Crippen LogP) is 2.54. The third-order valence-electron chi connectivity index (χ3n) is 2.40. The molecule has 0 saturated heterocycles. The number of ketones is 1. The lowest BCUT2D eigenvalue weighted by Gasteiger charge is -2.24. The first-order valence-corrected chi connectivity index (χ1v) is 5.49. The van der Waals surface area contributed by atoms with Crippen molar-refractivity contribution in [1.29, 1.82) is 0 Å². The fraction of sp³-hybridized carbons (Fsp3) is 0.333. The summed E-state index contributed by atoms with van der Waals surface area (Å²) in [4.78, 5) is 22.7. The molecule has 0 spiro atoms. The van der Waals surface area contributed by atoms with E-state index in [4.69, 9.17) is 21.4 Å². The molecule has 0 aromatic heterocycles. The van der Waals surface area contributed by atoms with Gasteiger partial charge >= 0.3 is 5.97 Å². The zero-order valence-electron chi connectivity index (χ0n) is 9.57. The number of carboxylic acid groups (broad SMARTS) is 1. The van der Waals surface area contributed by atoms with Crippen LogP contribution in [0.5, 0.6) is 5.75 Å². The Hall–Kier alpha value is -1.55. The van der Waals surface area contributed by atoms with Crippen LogP contribution in [-0.2, 0) is 9.59 Å². The summed E-state index contributed by atoms with van der Waals surface area (Å²) >= 11 is 5.70. The van der Waals surface area contributed by atoms with E-state index in [9.17, 15) is 9.59 Å². The molecule has 92 valence electrons. The van der Waals surface area contributed by atoms with E-state index in [0.717, 1.165) is 0 Å². The van der Waals surface area contributed by atoms with Crippen LogP contribution in [0.15, 0.2) is 24.3 Å². The van der Waals surface area contributed by atoms with Crippen molar-refractivity contribution in [2.45, 2.75) is 25.9 Å². The van der Waals surface area contributed by atoms with Crippen LogP contribution in [0.4, 0.5) is 0 Å². The van der Waals surface area contributed by atoms with Gasteiger partial charge in [-0.2, -0.15) is 0 Å². The van der Waals surface area contributed by atoms with E-state index in [0.29, 0.717) is 10.8 Å². The largest absolute Gasteiger partial charge is 0.478 e. The molecule has 0 bridgehead atoms. The van der Waals surface area contributed by atoms with Gasteiger partial charge in [-0.1, -0.05) is 18.5 Å². The quantitative estimate of drug-likeness (QED) is 0.823. The third kappa shape index (κ3) is 2.97. The normalized spacial score (nSPS) is 13.8. The van der Waals surface area contributed by atoms with Crippen LogP contribution in [0.25, 0.3) is 0 Å². The summed E-state index contributed by atoms with van der Waals surface area (Å²) in [5.74, 6) is -1.50. The zero-order valence-corrected chi connectivity index (χ0v) is 10.3. The van der Waals surface area contributed by atoms with Crippen molar-refractivity contribution in [3.05, 3.63) is 29.3 Å². The number of carbonyl (C=O) groups is 2. The second kappa shape index (κ2) is 5.19. The van der Waals surface area contributed by atoms with Crippen LogP contribution in [0.1, 0.15) is 20.3 Å². The van der Waals surface area contributed by atoms with Gasteiger partial charge in [0.1, 0.15) is 5.75 Å². The van der Waals surface area contributed by atoms with Crippen LogP contribution < -0.4 is 4.74 Å². The van der Waals surface area contributed by atoms with Crippen molar-refractivity contribution in [2.24, 2.45) is 0 Å². The highest BCUT2D eigenvalue weighted by molar-refractivity contribution is 6.30. The maximum Gasteiger partial charge on any atom is 0.355 e. The van der Waals surface area contributed by atoms with Crippen molar-refractivity contribution in [1.82, 2.24) is 0 Å². The van der Waals surface area contributed by atoms with Crippen LogP contribution in [0.3, 0.4) is 0 Å². The fourth-order valence-corrected chi connectivity index (χ4v) is 1.42. The number of carboxylic acids is 1. The molecule has 1 aromatic rings. The van der Waals surface area contributed by atoms with Crippen molar-refractivity contribution in [3.63, 3.8) is 0 Å². The molecule has 0 fully saturated rings. The Morgan fingerprint density at radius 3 is 2.29 bits per heavy atom. The fourth-order valence-electron chi connectivity index (χ4n) is 1.30. The Kier molecular flexibility index (Phi) is 4.12. The Labute approximate surface area is 104 Å². The number of ether oxygens (including phenoxy) is 1. The van der Waals surface area contributed by atoms with Gasteiger partial charge in [0.2, 0.25) is 0 Å². The van der Waals surface area contributed by atoms with E-state index in [1.54, 1.807) is 19.1 Å². The first kappa shape index (κ1) is 13.5. The average molecular weight is 257 g/mol. The first-order chi connectivity index (χ1) is 7.90. The van der Waals surface area contributed by atoms with Crippen LogP contribution >= 0.6 is 11.6 Å². The van der Waals surface area contributed by atoms with E-state index >= 15 is 0 Å². The minimum absolute atomic E-state index is 0.0936. The molecule has 5 heteroatoms. The van der Waals surface area contributed by atoms with Gasteiger partial charge in [-0.15, -0.1) is 0 Å². The monoisotopic (exact) mass is 256 g/mol. The Bertz CT molecular complexity index is 427. The van der Waals surface area contributed by atoms with Crippen LogP contribution in [0.2, 0.25) is 5.02 Å². The molecule has 1 aromatic carbocycles. The van der Waals surface area contributed by atoms with Gasteiger partial charge in [-0.05, 0) is 31.2 Å². The Morgan fingerprint density at radius 2 is 1.88 bits per heavy atom. The van der Waals surface area contributed by atoms with Gasteiger partial charge < -0.3 is 9.84 Å². The van der Waals surface area contributed by atoms with Gasteiger partial charge in [0, 0.05) is 11.4 Å². The number of rotatable bonds is 5. The number of aliphatic carboxylic acids is 1. The first-order valence-electron chi connectivity index (χ1n) is 5.11. The van der Waals surface area contributed by atoms with Gasteiger partial charge in [-0.3, -0.25) is 4.79 Å². The lowest BCUT2D eigenvalue weighted by atomic mass is 9.99. The predicted molar refractivity (Wildman–Crippen MR) is 63.4 cm³/mol. The number of Topliss-reactive ketones (excluding diaryl/α,β-unsaturated/α-hetero) is 1. The van der Waals surface area contributed by atoms with E-state index in [-0.39, 0.29) is 6.42 Å². The van der Waals surface area contributed by atoms with Crippen LogP contribution in [0, 0.1) is 0 Å². The number of hydrogen-bond donors (Lipinski definition) is 1. The van der Waals surface area contributed by atoms with Crippen molar-refractivity contribution >= 4 is 23.4 Å². The maximum atomic E-state index is 11.6. The lowest BCUT2D eigenvalue weighted by molar-refractivity contribution is -0.160.